The third-order valence-electron chi connectivity index (χ3n) is 3.86. The molecule has 4 nitrogen and oxygen atoms in total. The van der Waals surface area contributed by atoms with Gasteiger partial charge in [-0.25, -0.2) is 4.99 Å². The van der Waals surface area contributed by atoms with Crippen LogP contribution in [-0.4, -0.2) is 30.3 Å². The van der Waals surface area contributed by atoms with E-state index in [1.54, 1.807) is 0 Å². The molecule has 0 spiro atoms. The molecule has 0 aromatic carbocycles. The normalized spacial score (nSPS) is 28.9. The van der Waals surface area contributed by atoms with Crippen molar-refractivity contribution in [1.29, 1.82) is 0 Å². The van der Waals surface area contributed by atoms with Crippen molar-refractivity contribution in [2.75, 3.05) is 0 Å². The van der Waals surface area contributed by atoms with Crippen molar-refractivity contribution in [3.05, 3.63) is 0 Å². The fraction of sp³-hybridized carbons (Fsp3) is 0.929. The molecule has 1 saturated carbocycles. The van der Waals surface area contributed by atoms with Crippen LogP contribution in [0.4, 0.5) is 0 Å². The van der Waals surface area contributed by atoms with Crippen molar-refractivity contribution in [2.24, 2.45) is 16.1 Å². The van der Waals surface area contributed by atoms with E-state index in [2.05, 4.69) is 51.9 Å². The molecule has 1 fully saturated rings. The first kappa shape index (κ1) is 15.3. The summed E-state index contributed by atoms with van der Waals surface area (Å²) in [4.78, 5) is 4.58. The summed E-state index contributed by atoms with van der Waals surface area (Å²) < 4.78 is 5.88. The second-order valence-corrected chi connectivity index (χ2v) is 6.21. The predicted molar refractivity (Wildman–Crippen MR) is 76.7 cm³/mol. The zero-order valence-corrected chi connectivity index (χ0v) is 12.7. The number of aliphatic imine (C=N–C) groups is 1. The quantitative estimate of drug-likeness (QED) is 0.585. The molecule has 1 aliphatic rings. The van der Waals surface area contributed by atoms with Crippen molar-refractivity contribution >= 4 is 5.96 Å². The largest absolute Gasteiger partial charge is 0.375 e. The second kappa shape index (κ2) is 5.91. The van der Waals surface area contributed by atoms with Gasteiger partial charge >= 0.3 is 0 Å². The van der Waals surface area contributed by atoms with Crippen LogP contribution in [0.5, 0.6) is 0 Å². The van der Waals surface area contributed by atoms with Gasteiger partial charge in [0.25, 0.3) is 0 Å². The van der Waals surface area contributed by atoms with Crippen molar-refractivity contribution in [1.82, 2.24) is 5.32 Å². The molecule has 3 N–H and O–H groups in total. The van der Waals surface area contributed by atoms with E-state index in [0.717, 1.165) is 12.8 Å². The van der Waals surface area contributed by atoms with Crippen LogP contribution >= 0.6 is 0 Å². The molecule has 18 heavy (non-hydrogen) atoms. The van der Waals surface area contributed by atoms with Crippen LogP contribution in [0.3, 0.4) is 0 Å². The third kappa shape index (κ3) is 3.61. The van der Waals surface area contributed by atoms with Crippen molar-refractivity contribution in [3.8, 4) is 0 Å². The maximum atomic E-state index is 5.93. The van der Waals surface area contributed by atoms with Gasteiger partial charge in [0.1, 0.15) is 0 Å². The molecule has 0 aromatic heterocycles. The predicted octanol–water partition coefficient (Wildman–Crippen LogP) is 2.28. The van der Waals surface area contributed by atoms with Gasteiger partial charge in [0.2, 0.25) is 0 Å². The molecule has 4 heteroatoms. The highest BCUT2D eigenvalue weighted by Gasteiger charge is 2.49. The number of ether oxygens (including phenoxy) is 1. The minimum Gasteiger partial charge on any atom is -0.375 e. The van der Waals surface area contributed by atoms with Gasteiger partial charge in [-0.3, -0.25) is 0 Å². The molecule has 0 aromatic rings. The van der Waals surface area contributed by atoms with Crippen LogP contribution in [0.1, 0.15) is 54.4 Å². The monoisotopic (exact) mass is 255 g/mol. The number of guanidine groups is 1. The molecule has 3 unspecified atom stereocenters. The molecule has 0 heterocycles. The molecular formula is C14H29N3O. The Kier molecular flexibility index (Phi) is 5.02. The number of hydrogen-bond donors (Lipinski definition) is 2. The summed E-state index contributed by atoms with van der Waals surface area (Å²) in [6, 6.07) is 0.637. The Bertz CT molecular complexity index is 299. The second-order valence-electron chi connectivity index (χ2n) is 6.21. The number of hydrogen-bond acceptors (Lipinski definition) is 2. The average molecular weight is 255 g/mol. The molecule has 3 atom stereocenters. The summed E-state index contributed by atoms with van der Waals surface area (Å²) >= 11 is 0. The Hall–Kier alpha value is -0.770. The Morgan fingerprint density at radius 3 is 2.50 bits per heavy atom. The minimum atomic E-state index is 0.0754. The highest BCUT2D eigenvalue weighted by molar-refractivity contribution is 5.78. The summed E-state index contributed by atoms with van der Waals surface area (Å²) in [5, 5.41) is 3.21. The summed E-state index contributed by atoms with van der Waals surface area (Å²) in [5.74, 6) is 0.561. The first-order chi connectivity index (χ1) is 8.27. The topological polar surface area (TPSA) is 59.6 Å². The van der Waals surface area contributed by atoms with Gasteiger partial charge in [-0.2, -0.15) is 0 Å². The van der Waals surface area contributed by atoms with E-state index in [0.29, 0.717) is 18.1 Å². The average Bonchev–Trinajstić information content (AvgIpc) is 2.27. The lowest BCUT2D eigenvalue weighted by Crippen LogP contribution is -2.55. The van der Waals surface area contributed by atoms with E-state index in [1.807, 2.05) is 0 Å². The molecule has 0 aliphatic heterocycles. The van der Waals surface area contributed by atoms with Gasteiger partial charge in [-0.15, -0.1) is 0 Å². The van der Waals surface area contributed by atoms with Crippen LogP contribution in [0.2, 0.25) is 0 Å². The van der Waals surface area contributed by atoms with Gasteiger partial charge in [0, 0.05) is 11.5 Å². The standard InChI is InChI=1S/C14H29N3O/c1-7-10(4)16-13(15)17-11-8-12(14(11,5)6)18-9(2)3/h9-12H,7-8H2,1-6H3,(H3,15,16,17). The number of nitrogens with zero attached hydrogens (tertiary/aromatic N) is 1. The fourth-order valence-corrected chi connectivity index (χ4v) is 2.20. The summed E-state index contributed by atoms with van der Waals surface area (Å²) in [6.45, 7) is 12.8. The molecule has 0 bridgehead atoms. The van der Waals surface area contributed by atoms with Crippen LogP contribution < -0.4 is 11.1 Å². The molecule has 0 saturated heterocycles. The van der Waals surface area contributed by atoms with E-state index in [1.165, 1.54) is 0 Å². The van der Waals surface area contributed by atoms with Gasteiger partial charge in [-0.1, -0.05) is 20.8 Å². The van der Waals surface area contributed by atoms with Crippen LogP contribution in [-0.2, 0) is 4.74 Å². The molecule has 1 rings (SSSR count). The van der Waals surface area contributed by atoms with Gasteiger partial charge in [0.05, 0.1) is 18.2 Å². The number of nitrogens with two attached hydrogens (primary N) is 1. The SMILES string of the molecule is CCC(C)NC(N)=NC1CC(OC(C)C)C1(C)C. The van der Waals surface area contributed by atoms with Crippen molar-refractivity contribution in [2.45, 2.75) is 78.7 Å². The van der Waals surface area contributed by atoms with Gasteiger partial charge in [0.15, 0.2) is 5.96 Å². The van der Waals surface area contributed by atoms with E-state index >= 15 is 0 Å². The van der Waals surface area contributed by atoms with Crippen LogP contribution in [0, 0.1) is 5.41 Å². The smallest absolute Gasteiger partial charge is 0.189 e. The lowest BCUT2D eigenvalue weighted by molar-refractivity contribution is -0.129. The first-order valence-electron chi connectivity index (χ1n) is 7.02. The fourth-order valence-electron chi connectivity index (χ4n) is 2.20. The summed E-state index contributed by atoms with van der Waals surface area (Å²) in [5.41, 5.74) is 6.00. The summed E-state index contributed by atoms with van der Waals surface area (Å²) in [6.07, 6.45) is 2.58. The minimum absolute atomic E-state index is 0.0754. The van der Waals surface area contributed by atoms with E-state index in [4.69, 9.17) is 10.5 Å². The third-order valence-corrected chi connectivity index (χ3v) is 3.86. The van der Waals surface area contributed by atoms with Crippen molar-refractivity contribution in [3.63, 3.8) is 0 Å². The molecule has 0 amide bonds. The maximum absolute atomic E-state index is 5.93. The Morgan fingerprint density at radius 2 is 2.06 bits per heavy atom. The highest BCUT2D eigenvalue weighted by atomic mass is 16.5. The van der Waals surface area contributed by atoms with E-state index in [-0.39, 0.29) is 17.6 Å². The molecular weight excluding hydrogens is 226 g/mol. The molecule has 0 radical (unpaired) electrons. The number of nitrogens with one attached hydrogen (secondary N) is 1. The lowest BCUT2D eigenvalue weighted by atomic mass is 9.64. The van der Waals surface area contributed by atoms with Gasteiger partial charge in [-0.05, 0) is 33.6 Å². The van der Waals surface area contributed by atoms with Crippen molar-refractivity contribution < 1.29 is 4.74 Å². The number of rotatable bonds is 5. The Morgan fingerprint density at radius 1 is 1.44 bits per heavy atom. The summed E-state index contributed by atoms with van der Waals surface area (Å²) in [7, 11) is 0. The van der Waals surface area contributed by atoms with Crippen LogP contribution in [0.15, 0.2) is 4.99 Å². The zero-order chi connectivity index (χ0) is 13.9. The Balaban J connectivity index is 2.53. The highest BCUT2D eigenvalue weighted by Crippen LogP contribution is 2.45. The zero-order valence-electron chi connectivity index (χ0n) is 12.7. The van der Waals surface area contributed by atoms with Crippen LogP contribution in [0.25, 0.3) is 0 Å². The first-order valence-corrected chi connectivity index (χ1v) is 7.02. The molecule has 1 aliphatic carbocycles. The van der Waals surface area contributed by atoms with Gasteiger partial charge < -0.3 is 15.8 Å². The van der Waals surface area contributed by atoms with E-state index in [9.17, 15) is 0 Å². The lowest BCUT2D eigenvalue weighted by Gasteiger charge is -2.50. The maximum Gasteiger partial charge on any atom is 0.189 e. The molecule has 106 valence electrons. The Labute approximate surface area is 111 Å². The van der Waals surface area contributed by atoms with E-state index < -0.39 is 0 Å².